The largest absolute Gasteiger partial charge is 0.426 e. The summed E-state index contributed by atoms with van der Waals surface area (Å²) in [6.07, 6.45) is 0. The van der Waals surface area contributed by atoms with Crippen molar-refractivity contribution < 1.29 is 14.3 Å². The van der Waals surface area contributed by atoms with Crippen LogP contribution in [0.2, 0.25) is 0 Å². The van der Waals surface area contributed by atoms with Crippen LogP contribution in [-0.4, -0.2) is 23.4 Å². The second kappa shape index (κ2) is 10.3. The molecule has 30 heavy (non-hydrogen) atoms. The number of thioether (sulfide) groups is 1. The number of hydrogen-bond donors (Lipinski definition) is 1. The Morgan fingerprint density at radius 1 is 0.967 bits per heavy atom. The fourth-order valence-electron chi connectivity index (χ4n) is 2.76. The number of hydrogen-bond acceptors (Lipinski definition) is 5. The molecule has 0 spiro atoms. The van der Waals surface area contributed by atoms with E-state index >= 15 is 0 Å². The predicted molar refractivity (Wildman–Crippen MR) is 119 cm³/mol. The number of carbonyl (C=O) groups excluding carboxylic acids is 2. The molecule has 0 atom stereocenters. The van der Waals surface area contributed by atoms with Crippen LogP contribution in [0.1, 0.15) is 11.1 Å². The molecular weight excluding hydrogens is 396 g/mol. The molecule has 0 aromatic heterocycles. The first kappa shape index (κ1) is 21.2. The Hall–Kier alpha value is -3.56. The Kier molecular flexibility index (Phi) is 7.25. The lowest BCUT2D eigenvalue weighted by molar-refractivity contribution is -0.131. The average molecular weight is 417 g/mol. The summed E-state index contributed by atoms with van der Waals surface area (Å²) < 4.78 is 5.32. The predicted octanol–water partition coefficient (Wildman–Crippen LogP) is 4.81. The molecule has 0 aliphatic rings. The van der Waals surface area contributed by atoms with Gasteiger partial charge in [0.1, 0.15) is 5.75 Å². The highest BCUT2D eigenvalue weighted by Crippen LogP contribution is 2.23. The van der Waals surface area contributed by atoms with Gasteiger partial charge in [-0.25, -0.2) is 0 Å². The minimum Gasteiger partial charge on any atom is -0.426 e. The smallest absolute Gasteiger partial charge is 0.321 e. The van der Waals surface area contributed by atoms with Crippen molar-refractivity contribution in [2.75, 3.05) is 16.8 Å². The summed E-state index contributed by atoms with van der Waals surface area (Å²) >= 11 is 1.20. The molecule has 6 heteroatoms. The Labute approximate surface area is 179 Å². The van der Waals surface area contributed by atoms with E-state index in [1.54, 1.807) is 24.3 Å². The number of carbonyl (C=O) groups is 2. The molecular formula is C24H20N2O3S. The van der Waals surface area contributed by atoms with Crippen molar-refractivity contribution in [3.63, 3.8) is 0 Å². The maximum Gasteiger partial charge on any atom is 0.321 e. The van der Waals surface area contributed by atoms with Crippen LogP contribution in [0.15, 0.2) is 72.8 Å². The Morgan fingerprint density at radius 3 is 2.27 bits per heavy atom. The number of rotatable bonds is 7. The second-order valence-electron chi connectivity index (χ2n) is 6.60. The Bertz CT molecular complexity index is 1070. The quantitative estimate of drug-likeness (QED) is 0.442. The van der Waals surface area contributed by atoms with Crippen molar-refractivity contribution in [2.24, 2.45) is 0 Å². The maximum atomic E-state index is 12.0. The van der Waals surface area contributed by atoms with Crippen LogP contribution in [0.4, 0.5) is 5.69 Å². The van der Waals surface area contributed by atoms with Gasteiger partial charge in [0.05, 0.1) is 23.1 Å². The summed E-state index contributed by atoms with van der Waals surface area (Å²) in [7, 11) is 0. The maximum absolute atomic E-state index is 12.0. The minimum atomic E-state index is -0.408. The molecule has 0 bridgehead atoms. The molecule has 1 amide bonds. The lowest BCUT2D eigenvalue weighted by atomic mass is 10.0. The number of nitriles is 1. The van der Waals surface area contributed by atoms with Gasteiger partial charge < -0.3 is 10.1 Å². The van der Waals surface area contributed by atoms with E-state index in [-0.39, 0.29) is 17.4 Å². The lowest BCUT2D eigenvalue weighted by Gasteiger charge is -2.07. The van der Waals surface area contributed by atoms with E-state index < -0.39 is 5.97 Å². The summed E-state index contributed by atoms with van der Waals surface area (Å²) in [5, 5.41) is 11.7. The molecule has 0 heterocycles. The van der Waals surface area contributed by atoms with Crippen molar-refractivity contribution in [1.82, 2.24) is 0 Å². The van der Waals surface area contributed by atoms with Gasteiger partial charge in [0.2, 0.25) is 5.91 Å². The van der Waals surface area contributed by atoms with E-state index in [4.69, 9.17) is 10.00 Å². The van der Waals surface area contributed by atoms with Gasteiger partial charge in [-0.3, -0.25) is 9.59 Å². The number of nitrogens with zero attached hydrogens (tertiary/aromatic N) is 1. The molecule has 0 saturated heterocycles. The number of anilines is 1. The molecule has 0 unspecified atom stereocenters. The van der Waals surface area contributed by atoms with Gasteiger partial charge in [-0.1, -0.05) is 36.4 Å². The fraction of sp³-hybridized carbons (Fsp3) is 0.125. The first-order valence-corrected chi connectivity index (χ1v) is 10.4. The lowest BCUT2D eigenvalue weighted by Crippen LogP contribution is -2.17. The molecule has 0 radical (unpaired) electrons. The highest BCUT2D eigenvalue weighted by atomic mass is 32.2. The van der Waals surface area contributed by atoms with E-state index in [9.17, 15) is 9.59 Å². The zero-order valence-corrected chi connectivity index (χ0v) is 17.2. The number of nitrogens with one attached hydrogen (secondary N) is 1. The van der Waals surface area contributed by atoms with E-state index in [0.717, 1.165) is 22.4 Å². The van der Waals surface area contributed by atoms with Crippen molar-refractivity contribution in [2.45, 2.75) is 6.92 Å². The summed E-state index contributed by atoms with van der Waals surface area (Å²) in [6, 6.07) is 24.1. The minimum absolute atomic E-state index is 0.0820. The third-order valence-electron chi connectivity index (χ3n) is 4.19. The monoisotopic (exact) mass is 416 g/mol. The van der Waals surface area contributed by atoms with Crippen LogP contribution >= 0.6 is 11.8 Å². The van der Waals surface area contributed by atoms with E-state index in [2.05, 4.69) is 11.4 Å². The fourth-order valence-corrected chi connectivity index (χ4v) is 3.35. The molecule has 150 valence electrons. The standard InChI is InChI=1S/C24H20N2O3S/c1-17-3-2-4-21(13-17)26-23(27)15-30-16-24(28)29-22-11-9-20(10-12-22)19-7-5-18(14-25)6-8-19/h2-13H,15-16H2,1H3,(H,26,27). The summed E-state index contributed by atoms with van der Waals surface area (Å²) in [6.45, 7) is 1.96. The SMILES string of the molecule is Cc1cccc(NC(=O)CSCC(=O)Oc2ccc(-c3ccc(C#N)cc3)cc2)c1. The normalized spacial score (nSPS) is 10.1. The van der Waals surface area contributed by atoms with E-state index in [1.807, 2.05) is 55.5 Å². The van der Waals surface area contributed by atoms with E-state index in [0.29, 0.717) is 11.3 Å². The van der Waals surface area contributed by atoms with Crippen LogP contribution in [0, 0.1) is 18.3 Å². The van der Waals surface area contributed by atoms with Crippen LogP contribution < -0.4 is 10.1 Å². The number of benzene rings is 3. The first-order chi connectivity index (χ1) is 14.5. The molecule has 0 aliphatic heterocycles. The van der Waals surface area contributed by atoms with Gasteiger partial charge in [-0.05, 0) is 60.0 Å². The molecule has 3 rings (SSSR count). The van der Waals surface area contributed by atoms with Gasteiger partial charge >= 0.3 is 5.97 Å². The summed E-state index contributed by atoms with van der Waals surface area (Å²) in [4.78, 5) is 24.0. The number of ether oxygens (including phenoxy) is 1. The molecule has 3 aromatic rings. The van der Waals surface area contributed by atoms with Gasteiger partial charge in [0, 0.05) is 5.69 Å². The molecule has 3 aromatic carbocycles. The van der Waals surface area contributed by atoms with Gasteiger partial charge in [0.15, 0.2) is 0 Å². The molecule has 0 saturated carbocycles. The van der Waals surface area contributed by atoms with Crippen LogP contribution in [0.5, 0.6) is 5.75 Å². The number of aryl methyl sites for hydroxylation is 1. The topological polar surface area (TPSA) is 79.2 Å². The van der Waals surface area contributed by atoms with Crippen LogP contribution in [0.25, 0.3) is 11.1 Å². The molecule has 0 fully saturated rings. The molecule has 0 aliphatic carbocycles. The average Bonchev–Trinajstić information content (AvgIpc) is 2.74. The highest BCUT2D eigenvalue weighted by Gasteiger charge is 2.09. The molecule has 5 nitrogen and oxygen atoms in total. The van der Waals surface area contributed by atoms with Crippen LogP contribution in [-0.2, 0) is 9.59 Å². The summed E-state index contributed by atoms with van der Waals surface area (Å²) in [5.41, 5.74) is 4.35. The van der Waals surface area contributed by atoms with Gasteiger partial charge in [-0.2, -0.15) is 5.26 Å². The third-order valence-corrected chi connectivity index (χ3v) is 5.09. The Morgan fingerprint density at radius 2 is 1.63 bits per heavy atom. The van der Waals surface area contributed by atoms with Crippen molar-refractivity contribution in [3.8, 4) is 22.9 Å². The van der Waals surface area contributed by atoms with Gasteiger partial charge in [-0.15, -0.1) is 11.8 Å². The van der Waals surface area contributed by atoms with Crippen LogP contribution in [0.3, 0.4) is 0 Å². The van der Waals surface area contributed by atoms with E-state index in [1.165, 1.54) is 11.8 Å². The van der Waals surface area contributed by atoms with Crippen molar-refractivity contribution in [1.29, 1.82) is 5.26 Å². The number of esters is 1. The molecule has 1 N–H and O–H groups in total. The highest BCUT2D eigenvalue weighted by molar-refractivity contribution is 8.00. The van der Waals surface area contributed by atoms with Gasteiger partial charge in [0.25, 0.3) is 0 Å². The third kappa shape index (κ3) is 6.23. The first-order valence-electron chi connectivity index (χ1n) is 9.29. The number of amides is 1. The second-order valence-corrected chi connectivity index (χ2v) is 7.58. The Balaban J connectivity index is 1.44. The zero-order chi connectivity index (χ0) is 21.3. The van der Waals surface area contributed by atoms with Crippen molar-refractivity contribution >= 4 is 29.3 Å². The van der Waals surface area contributed by atoms with Crippen molar-refractivity contribution in [3.05, 3.63) is 83.9 Å². The zero-order valence-electron chi connectivity index (χ0n) is 16.4. The summed E-state index contributed by atoms with van der Waals surface area (Å²) in [5.74, 6) is 0.126.